The van der Waals surface area contributed by atoms with E-state index < -0.39 is 0 Å². The Morgan fingerprint density at radius 1 is 1.57 bits per heavy atom. The maximum absolute atomic E-state index is 2.44. The molecule has 0 aromatic carbocycles. The van der Waals surface area contributed by atoms with E-state index in [1.807, 2.05) is 0 Å². The molecule has 2 aliphatic carbocycles. The topological polar surface area (TPSA) is 0 Å². The Bertz CT molecular complexity index is 94.2. The van der Waals surface area contributed by atoms with Crippen molar-refractivity contribution in [1.82, 2.24) is 0 Å². The number of hydrogen-bond donors (Lipinski definition) is 0. The highest BCUT2D eigenvalue weighted by Gasteiger charge is 2.52. The molecule has 0 spiro atoms. The van der Waals surface area contributed by atoms with Crippen molar-refractivity contribution >= 4 is 0 Å². The first-order valence-electron chi connectivity index (χ1n) is 3.31. The van der Waals surface area contributed by atoms with Crippen LogP contribution in [0.25, 0.3) is 0 Å². The van der Waals surface area contributed by atoms with Gasteiger partial charge in [-0.3, -0.25) is 0 Å². The van der Waals surface area contributed by atoms with Gasteiger partial charge in [-0.2, -0.15) is 0 Å². The molecule has 0 saturated heterocycles. The molecule has 0 aliphatic heterocycles. The minimum atomic E-state index is 0.861. The first kappa shape index (κ1) is 3.94. The molecule has 0 heteroatoms. The maximum Gasteiger partial charge on any atom is -0.0294 e. The summed E-state index contributed by atoms with van der Waals surface area (Å²) in [5.41, 5.74) is 0.861. The largest absolute Gasteiger partial charge is 0.0594 e. The number of hydrogen-bond acceptors (Lipinski definition) is 0. The fraction of sp³-hybridized carbons (Fsp3) is 1.00. The molecule has 2 atom stereocenters. The summed E-state index contributed by atoms with van der Waals surface area (Å²) >= 11 is 0. The molecule has 0 bridgehead atoms. The van der Waals surface area contributed by atoms with Crippen LogP contribution in [0.4, 0.5) is 0 Å². The molecular weight excluding hydrogens is 84.1 g/mol. The molecule has 2 rings (SSSR count). The van der Waals surface area contributed by atoms with Gasteiger partial charge >= 0.3 is 0 Å². The first-order valence-corrected chi connectivity index (χ1v) is 3.31. The van der Waals surface area contributed by atoms with Gasteiger partial charge in [0.25, 0.3) is 0 Å². The van der Waals surface area contributed by atoms with Crippen molar-refractivity contribution in [2.45, 2.75) is 32.6 Å². The third-order valence-corrected chi connectivity index (χ3v) is 2.84. The van der Waals surface area contributed by atoms with Crippen molar-refractivity contribution in [1.29, 1.82) is 0 Å². The Morgan fingerprint density at radius 3 is 2.57 bits per heavy atom. The lowest BCUT2D eigenvalue weighted by Gasteiger charge is -1.96. The second-order valence-electron chi connectivity index (χ2n) is 3.45. The van der Waals surface area contributed by atoms with Gasteiger partial charge < -0.3 is 0 Å². The van der Waals surface area contributed by atoms with E-state index in [9.17, 15) is 0 Å². The normalized spacial score (nSPS) is 57.0. The summed E-state index contributed by atoms with van der Waals surface area (Å²) in [5.74, 6) is 1.16. The third kappa shape index (κ3) is 0.375. The van der Waals surface area contributed by atoms with E-state index in [1.165, 1.54) is 19.3 Å². The van der Waals surface area contributed by atoms with E-state index in [2.05, 4.69) is 6.92 Å². The van der Waals surface area contributed by atoms with Crippen molar-refractivity contribution < 1.29 is 0 Å². The lowest BCUT2D eigenvalue weighted by atomic mass is 10.1. The average Bonchev–Trinajstić information content (AvgIpc) is 2.09. The van der Waals surface area contributed by atoms with Gasteiger partial charge in [-0.15, -0.1) is 0 Å². The molecule has 0 aromatic rings. The van der Waals surface area contributed by atoms with E-state index in [4.69, 9.17) is 0 Å². The summed E-state index contributed by atoms with van der Waals surface area (Å²) in [6.45, 7) is 2.44. The third-order valence-electron chi connectivity index (χ3n) is 2.84. The van der Waals surface area contributed by atoms with E-state index in [0.29, 0.717) is 0 Å². The zero-order valence-electron chi connectivity index (χ0n) is 4.91. The molecule has 2 fully saturated rings. The average molecular weight is 96.2 g/mol. The van der Waals surface area contributed by atoms with Gasteiger partial charge in [-0.05, 0) is 30.6 Å². The Morgan fingerprint density at radius 2 is 2.43 bits per heavy atom. The fourth-order valence-corrected chi connectivity index (χ4v) is 2.01. The molecule has 40 valence electrons. The van der Waals surface area contributed by atoms with Crippen molar-refractivity contribution in [2.75, 3.05) is 0 Å². The predicted molar refractivity (Wildman–Crippen MR) is 30.1 cm³/mol. The van der Waals surface area contributed by atoms with Gasteiger partial charge in [0.2, 0.25) is 0 Å². The fourth-order valence-electron chi connectivity index (χ4n) is 2.01. The second-order valence-corrected chi connectivity index (χ2v) is 3.45. The van der Waals surface area contributed by atoms with E-state index in [0.717, 1.165) is 11.3 Å². The van der Waals surface area contributed by atoms with Crippen molar-refractivity contribution in [3.05, 3.63) is 0 Å². The Balaban J connectivity index is 2.17. The molecule has 2 saturated carbocycles. The first-order chi connectivity index (χ1) is 3.31. The van der Waals surface area contributed by atoms with Crippen LogP contribution in [0.3, 0.4) is 0 Å². The van der Waals surface area contributed by atoms with E-state index >= 15 is 0 Å². The lowest BCUT2D eigenvalue weighted by molar-refractivity contribution is 0.547. The van der Waals surface area contributed by atoms with Crippen LogP contribution >= 0.6 is 0 Å². The summed E-state index contributed by atoms with van der Waals surface area (Å²) in [7, 11) is 0. The van der Waals surface area contributed by atoms with Gasteiger partial charge in [0.15, 0.2) is 0 Å². The zero-order chi connectivity index (χ0) is 4.91. The van der Waals surface area contributed by atoms with Crippen LogP contribution in [-0.4, -0.2) is 0 Å². The minimum absolute atomic E-state index is 0.861. The molecule has 0 nitrogen and oxygen atoms in total. The number of rotatable bonds is 0. The van der Waals surface area contributed by atoms with Crippen LogP contribution in [0.15, 0.2) is 0 Å². The van der Waals surface area contributed by atoms with E-state index in [-0.39, 0.29) is 0 Å². The van der Waals surface area contributed by atoms with Crippen molar-refractivity contribution in [3.8, 4) is 0 Å². The van der Waals surface area contributed by atoms with Crippen LogP contribution in [0, 0.1) is 11.3 Å². The molecule has 0 aromatic heterocycles. The Hall–Kier alpha value is 0. The van der Waals surface area contributed by atoms with Crippen LogP contribution in [0.5, 0.6) is 0 Å². The highest BCUT2D eigenvalue weighted by atomic mass is 14.6. The molecule has 0 amide bonds. The molecule has 0 radical (unpaired) electrons. The SMILES string of the molecule is C[C@@]12CCC[C@@H]1C2. The summed E-state index contributed by atoms with van der Waals surface area (Å²) < 4.78 is 0. The second kappa shape index (κ2) is 0.888. The van der Waals surface area contributed by atoms with Gasteiger partial charge in [0.1, 0.15) is 0 Å². The van der Waals surface area contributed by atoms with Gasteiger partial charge in [0, 0.05) is 0 Å². The summed E-state index contributed by atoms with van der Waals surface area (Å²) in [6.07, 6.45) is 6.13. The standard InChI is InChI=1S/C7H12/c1-7-4-2-3-6(7)5-7/h6H,2-5H2,1H3/t6-,7+/m1/s1. The molecule has 0 unspecified atom stereocenters. The molecule has 7 heavy (non-hydrogen) atoms. The molecule has 0 N–H and O–H groups in total. The lowest BCUT2D eigenvalue weighted by Crippen LogP contribution is -1.85. The van der Waals surface area contributed by atoms with Gasteiger partial charge in [0.05, 0.1) is 0 Å². The smallest absolute Gasteiger partial charge is 0.0294 e. The molecular formula is C7H12. The van der Waals surface area contributed by atoms with Crippen molar-refractivity contribution in [3.63, 3.8) is 0 Å². The Labute approximate surface area is 44.9 Å². The minimum Gasteiger partial charge on any atom is -0.0594 e. The van der Waals surface area contributed by atoms with Crippen LogP contribution < -0.4 is 0 Å². The van der Waals surface area contributed by atoms with Gasteiger partial charge in [-0.1, -0.05) is 13.3 Å². The Kier molecular flexibility index (Phi) is 0.499. The van der Waals surface area contributed by atoms with Crippen LogP contribution in [-0.2, 0) is 0 Å². The van der Waals surface area contributed by atoms with Crippen molar-refractivity contribution in [2.24, 2.45) is 11.3 Å². The van der Waals surface area contributed by atoms with Crippen LogP contribution in [0.2, 0.25) is 0 Å². The quantitative estimate of drug-likeness (QED) is 0.433. The summed E-state index contributed by atoms with van der Waals surface area (Å²) in [5, 5.41) is 0. The zero-order valence-corrected chi connectivity index (χ0v) is 4.91. The number of fused-ring (bicyclic) bond motifs is 1. The maximum atomic E-state index is 2.44. The molecule has 2 aliphatic rings. The van der Waals surface area contributed by atoms with Crippen LogP contribution in [0.1, 0.15) is 32.6 Å². The highest BCUT2D eigenvalue weighted by molar-refractivity contribution is 5.02. The molecule has 0 heterocycles. The summed E-state index contributed by atoms with van der Waals surface area (Å²) in [4.78, 5) is 0. The summed E-state index contributed by atoms with van der Waals surface area (Å²) in [6, 6.07) is 0. The highest BCUT2D eigenvalue weighted by Crippen LogP contribution is 2.62. The predicted octanol–water partition coefficient (Wildman–Crippen LogP) is 2.20. The monoisotopic (exact) mass is 96.1 g/mol. The van der Waals surface area contributed by atoms with E-state index in [1.54, 1.807) is 6.42 Å². The van der Waals surface area contributed by atoms with Gasteiger partial charge in [-0.25, -0.2) is 0 Å².